The number of azo groups is 1. The molecule has 0 bridgehead atoms. The normalized spacial score (nSPS) is 16.1. The van der Waals surface area contributed by atoms with Crippen molar-refractivity contribution in [3.63, 3.8) is 0 Å². The van der Waals surface area contributed by atoms with Gasteiger partial charge in [0.15, 0.2) is 0 Å². The van der Waals surface area contributed by atoms with Gasteiger partial charge in [-0.25, -0.2) is 0 Å². The first-order valence-corrected chi connectivity index (χ1v) is 6.34. The van der Waals surface area contributed by atoms with Gasteiger partial charge in [0.25, 0.3) is 0 Å². The van der Waals surface area contributed by atoms with Crippen molar-refractivity contribution in [1.29, 1.82) is 0 Å². The highest BCUT2D eigenvalue weighted by Gasteiger charge is 2.27. The van der Waals surface area contributed by atoms with E-state index in [1.54, 1.807) is 0 Å². The Balaban J connectivity index is 1.99. The van der Waals surface area contributed by atoms with Crippen LogP contribution in [0.3, 0.4) is 0 Å². The van der Waals surface area contributed by atoms with Gasteiger partial charge in [0.05, 0.1) is 12.2 Å². The number of benzene rings is 1. The molecule has 0 saturated carbocycles. The summed E-state index contributed by atoms with van der Waals surface area (Å²) in [5.74, 6) is 0.868. The van der Waals surface area contributed by atoms with Crippen molar-refractivity contribution >= 4 is 34.2 Å². The molecule has 1 aliphatic rings. The van der Waals surface area contributed by atoms with Crippen molar-refractivity contribution in [3.8, 4) is 5.75 Å². The maximum absolute atomic E-state index is 12.3. The summed E-state index contributed by atoms with van der Waals surface area (Å²) in [5, 5.41) is 8.47. The highest BCUT2D eigenvalue weighted by Crippen LogP contribution is 2.27. The van der Waals surface area contributed by atoms with E-state index in [1.807, 2.05) is 0 Å². The smallest absolute Gasteiger partial charge is 0.420 e. The Morgan fingerprint density at radius 1 is 1.28 bits per heavy atom. The van der Waals surface area contributed by atoms with Crippen LogP contribution in [0.5, 0.6) is 5.75 Å². The summed E-state index contributed by atoms with van der Waals surface area (Å²) < 4.78 is 28.9. The lowest BCUT2D eigenvalue weighted by atomic mass is 10.3. The van der Waals surface area contributed by atoms with Crippen LogP contribution >= 0.6 is 23.4 Å². The fourth-order valence-electron chi connectivity index (χ4n) is 1.20. The molecular formula is C10H8ClF2N3OS. The Hall–Kier alpha value is -1.21. The number of alkyl halides is 3. The van der Waals surface area contributed by atoms with Crippen molar-refractivity contribution in [3.05, 3.63) is 24.3 Å². The van der Waals surface area contributed by atoms with Crippen LogP contribution in [0.1, 0.15) is 0 Å². The average molecular weight is 292 g/mol. The number of rotatable bonds is 3. The molecule has 4 nitrogen and oxygen atoms in total. The molecule has 8 heteroatoms. The quantitative estimate of drug-likeness (QED) is 0.623. The maximum atomic E-state index is 12.3. The van der Waals surface area contributed by atoms with Gasteiger partial charge in [-0.05, 0) is 24.3 Å². The molecule has 1 aromatic carbocycles. The molecule has 1 heterocycles. The second-order valence-corrected chi connectivity index (χ2v) is 4.76. The summed E-state index contributed by atoms with van der Waals surface area (Å²) >= 11 is 6.16. The minimum atomic E-state index is -3.71. The van der Waals surface area contributed by atoms with Gasteiger partial charge in [-0.1, -0.05) is 11.8 Å². The van der Waals surface area contributed by atoms with Crippen molar-refractivity contribution in [2.24, 2.45) is 15.2 Å². The summed E-state index contributed by atoms with van der Waals surface area (Å²) in [6, 6.07) is 5.69. The summed E-state index contributed by atoms with van der Waals surface area (Å²) in [6.07, 6.45) is 0. The summed E-state index contributed by atoms with van der Waals surface area (Å²) in [7, 11) is 0. The van der Waals surface area contributed by atoms with Crippen molar-refractivity contribution in [2.75, 3.05) is 12.3 Å². The number of halogens is 3. The first-order valence-electron chi connectivity index (χ1n) is 4.98. The fourth-order valence-corrected chi connectivity index (χ4v) is 1.93. The standard InChI is InChI=1S/C10H8ClF2N3OS/c11-10(12,13)17-8-3-1-7(2-4-8)15-16-9-14-5-6-18-9/h1-4H,5-6H2. The Bertz CT molecular complexity index is 473. The van der Waals surface area contributed by atoms with Crippen LogP contribution in [-0.2, 0) is 0 Å². The van der Waals surface area contributed by atoms with Gasteiger partial charge in [0.1, 0.15) is 5.75 Å². The SMILES string of the molecule is FC(F)(Cl)Oc1ccc(N=NC2=NCCS2)cc1. The molecule has 0 radical (unpaired) electrons. The molecule has 0 amide bonds. The lowest BCUT2D eigenvalue weighted by Crippen LogP contribution is -2.15. The highest BCUT2D eigenvalue weighted by atomic mass is 35.5. The molecular weight excluding hydrogens is 284 g/mol. The fraction of sp³-hybridized carbons (Fsp3) is 0.300. The van der Waals surface area contributed by atoms with Gasteiger partial charge < -0.3 is 4.74 Å². The summed E-state index contributed by atoms with van der Waals surface area (Å²) in [5.41, 5.74) is -3.19. The van der Waals surface area contributed by atoms with E-state index in [-0.39, 0.29) is 5.75 Å². The largest absolute Gasteiger partial charge is 0.487 e. The molecule has 0 unspecified atom stereocenters. The molecule has 18 heavy (non-hydrogen) atoms. The van der Waals surface area contributed by atoms with E-state index in [9.17, 15) is 8.78 Å². The number of amidine groups is 1. The van der Waals surface area contributed by atoms with Gasteiger partial charge >= 0.3 is 5.57 Å². The number of hydrogen-bond acceptors (Lipinski definition) is 5. The molecule has 0 N–H and O–H groups in total. The number of ether oxygens (including phenoxy) is 1. The van der Waals surface area contributed by atoms with Crippen LogP contribution in [-0.4, -0.2) is 23.0 Å². The second-order valence-electron chi connectivity index (χ2n) is 3.25. The monoisotopic (exact) mass is 291 g/mol. The molecule has 96 valence electrons. The van der Waals surface area contributed by atoms with Gasteiger partial charge in [-0.2, -0.15) is 0 Å². The molecule has 0 aliphatic carbocycles. The molecule has 1 aliphatic heterocycles. The Morgan fingerprint density at radius 2 is 2.00 bits per heavy atom. The summed E-state index contributed by atoms with van der Waals surface area (Å²) in [4.78, 5) is 4.09. The molecule has 0 atom stereocenters. The van der Waals surface area contributed by atoms with E-state index in [0.717, 1.165) is 12.3 Å². The van der Waals surface area contributed by atoms with Gasteiger partial charge in [0.2, 0.25) is 5.17 Å². The number of thioether (sulfide) groups is 1. The first kappa shape index (κ1) is 13.2. The van der Waals surface area contributed by atoms with E-state index in [0.29, 0.717) is 10.9 Å². The molecule has 0 spiro atoms. The second kappa shape index (κ2) is 5.62. The van der Waals surface area contributed by atoms with Gasteiger partial charge in [-0.3, -0.25) is 4.99 Å². The first-order chi connectivity index (χ1) is 8.53. The third-order valence-electron chi connectivity index (χ3n) is 1.89. The third-order valence-corrected chi connectivity index (χ3v) is 2.82. The number of aliphatic imine (C=N–C) groups is 1. The maximum Gasteiger partial charge on any atom is 0.487 e. The topological polar surface area (TPSA) is 46.3 Å². The Morgan fingerprint density at radius 3 is 2.56 bits per heavy atom. The minimum Gasteiger partial charge on any atom is -0.420 e. The van der Waals surface area contributed by atoms with E-state index in [2.05, 4.69) is 31.6 Å². The minimum absolute atomic E-state index is 0.0402. The lowest BCUT2D eigenvalue weighted by Gasteiger charge is -2.09. The van der Waals surface area contributed by atoms with Crippen LogP contribution in [0.4, 0.5) is 14.5 Å². The molecule has 0 aromatic heterocycles. The Labute approximate surface area is 111 Å². The number of hydrogen-bond donors (Lipinski definition) is 0. The van der Waals surface area contributed by atoms with Crippen LogP contribution in [0, 0.1) is 0 Å². The van der Waals surface area contributed by atoms with Crippen LogP contribution in [0.15, 0.2) is 39.5 Å². The van der Waals surface area contributed by atoms with Crippen LogP contribution in [0.2, 0.25) is 0 Å². The van der Waals surface area contributed by atoms with Crippen molar-refractivity contribution in [2.45, 2.75) is 5.57 Å². The highest BCUT2D eigenvalue weighted by molar-refractivity contribution is 8.14. The number of nitrogens with zero attached hydrogens (tertiary/aromatic N) is 3. The van der Waals surface area contributed by atoms with Crippen molar-refractivity contribution < 1.29 is 13.5 Å². The van der Waals surface area contributed by atoms with Crippen LogP contribution in [0.25, 0.3) is 0 Å². The summed E-state index contributed by atoms with van der Waals surface area (Å²) in [6.45, 7) is 0.747. The zero-order valence-corrected chi connectivity index (χ0v) is 10.6. The van der Waals surface area contributed by atoms with Gasteiger partial charge in [-0.15, -0.1) is 19.0 Å². The molecule has 1 aromatic rings. The molecule has 0 fully saturated rings. The van der Waals surface area contributed by atoms with Crippen molar-refractivity contribution in [1.82, 2.24) is 0 Å². The zero-order chi connectivity index (χ0) is 13.0. The molecule has 2 rings (SSSR count). The van der Waals surface area contributed by atoms with E-state index in [1.165, 1.54) is 36.0 Å². The predicted octanol–water partition coefficient (Wildman–Crippen LogP) is 4.04. The lowest BCUT2D eigenvalue weighted by molar-refractivity contribution is -0.0964. The zero-order valence-electron chi connectivity index (χ0n) is 9.02. The third kappa shape index (κ3) is 4.23. The van der Waals surface area contributed by atoms with E-state index in [4.69, 9.17) is 0 Å². The molecule has 0 saturated heterocycles. The van der Waals surface area contributed by atoms with E-state index < -0.39 is 5.57 Å². The van der Waals surface area contributed by atoms with E-state index >= 15 is 0 Å². The van der Waals surface area contributed by atoms with Crippen LogP contribution < -0.4 is 4.74 Å². The Kier molecular flexibility index (Phi) is 4.13. The average Bonchev–Trinajstić information content (AvgIpc) is 2.79. The van der Waals surface area contributed by atoms with Gasteiger partial charge in [0, 0.05) is 17.4 Å². The predicted molar refractivity (Wildman–Crippen MR) is 67.1 cm³/mol.